The molecular weight excluding hydrogens is 296 g/mol. The van der Waals surface area contributed by atoms with Gasteiger partial charge in [-0.05, 0) is 35.7 Å². The number of thiophene rings is 1. The lowest BCUT2D eigenvalue weighted by Crippen LogP contribution is -1.98. The number of aromatic hydroxyl groups is 1. The smallest absolute Gasteiger partial charge is 0.180 e. The van der Waals surface area contributed by atoms with Gasteiger partial charge in [0.05, 0.1) is 11.9 Å². The zero-order valence-electron chi connectivity index (χ0n) is 11.5. The monoisotopic (exact) mass is 308 g/mol. The molecule has 2 N–H and O–H groups in total. The molecular formula is C16H12N4OS. The third kappa shape index (κ3) is 2.19. The Morgan fingerprint density at radius 2 is 1.95 bits per heavy atom. The number of hydrogen-bond acceptors (Lipinski definition) is 5. The Balaban J connectivity index is 1.77. The fraction of sp³-hybridized carbons (Fsp3) is 0. The molecule has 0 saturated carbocycles. The highest BCUT2D eigenvalue weighted by atomic mass is 32.1. The van der Waals surface area contributed by atoms with Gasteiger partial charge in [0, 0.05) is 29.0 Å². The summed E-state index contributed by atoms with van der Waals surface area (Å²) in [5.74, 6) is 0.909. The zero-order chi connectivity index (χ0) is 14.9. The number of nitrogens with one attached hydrogen (secondary N) is 1. The Hall–Kier alpha value is -2.86. The van der Waals surface area contributed by atoms with E-state index >= 15 is 0 Å². The van der Waals surface area contributed by atoms with Crippen LogP contribution in [0.4, 0.5) is 11.5 Å². The van der Waals surface area contributed by atoms with Gasteiger partial charge < -0.3 is 10.4 Å². The lowest BCUT2D eigenvalue weighted by Gasteiger charge is -2.07. The first-order valence-corrected chi connectivity index (χ1v) is 7.66. The van der Waals surface area contributed by atoms with Gasteiger partial charge in [-0.1, -0.05) is 0 Å². The van der Waals surface area contributed by atoms with Crippen molar-refractivity contribution in [3.8, 4) is 17.0 Å². The molecule has 0 aliphatic heterocycles. The molecule has 0 bridgehead atoms. The second kappa shape index (κ2) is 5.16. The Kier molecular flexibility index (Phi) is 3.01. The van der Waals surface area contributed by atoms with Crippen molar-refractivity contribution < 1.29 is 5.11 Å². The van der Waals surface area contributed by atoms with Crippen molar-refractivity contribution in [3.63, 3.8) is 0 Å². The summed E-state index contributed by atoms with van der Waals surface area (Å²) in [6.07, 6.45) is 5.49. The maximum absolute atomic E-state index is 9.34. The van der Waals surface area contributed by atoms with Gasteiger partial charge in [-0.3, -0.25) is 4.40 Å². The molecule has 108 valence electrons. The highest BCUT2D eigenvalue weighted by Gasteiger charge is 2.10. The molecule has 4 aromatic rings. The average molecular weight is 308 g/mol. The quantitative estimate of drug-likeness (QED) is 0.563. The average Bonchev–Trinajstić information content (AvgIpc) is 3.18. The van der Waals surface area contributed by atoms with Crippen molar-refractivity contribution in [1.29, 1.82) is 0 Å². The van der Waals surface area contributed by atoms with Crippen molar-refractivity contribution in [3.05, 3.63) is 59.7 Å². The Morgan fingerprint density at radius 3 is 2.73 bits per heavy atom. The van der Waals surface area contributed by atoms with E-state index in [9.17, 15) is 5.11 Å². The third-order valence-electron chi connectivity index (χ3n) is 3.38. The molecule has 0 saturated heterocycles. The highest BCUT2D eigenvalue weighted by molar-refractivity contribution is 7.08. The van der Waals surface area contributed by atoms with Crippen molar-refractivity contribution >= 4 is 28.5 Å². The number of nitrogens with zero attached hydrogens (tertiary/aromatic N) is 3. The molecule has 3 heterocycles. The molecule has 6 heteroatoms. The van der Waals surface area contributed by atoms with Crippen LogP contribution in [0.3, 0.4) is 0 Å². The Bertz CT molecular complexity index is 913. The number of benzene rings is 1. The SMILES string of the molecule is Oc1ccc(Nc2nccn3c(-c4ccsc4)cnc23)cc1. The van der Waals surface area contributed by atoms with Crippen molar-refractivity contribution in [2.45, 2.75) is 0 Å². The van der Waals surface area contributed by atoms with E-state index in [2.05, 4.69) is 26.7 Å². The van der Waals surface area contributed by atoms with E-state index in [1.165, 1.54) is 0 Å². The predicted molar refractivity (Wildman–Crippen MR) is 87.7 cm³/mol. The molecule has 3 aromatic heterocycles. The largest absolute Gasteiger partial charge is 0.508 e. The fourth-order valence-corrected chi connectivity index (χ4v) is 2.96. The van der Waals surface area contributed by atoms with Gasteiger partial charge in [-0.25, -0.2) is 9.97 Å². The van der Waals surface area contributed by atoms with Gasteiger partial charge >= 0.3 is 0 Å². The van der Waals surface area contributed by atoms with Crippen molar-refractivity contribution in [1.82, 2.24) is 14.4 Å². The molecule has 4 rings (SSSR count). The van der Waals surface area contributed by atoms with Crippen LogP contribution in [0.1, 0.15) is 0 Å². The van der Waals surface area contributed by atoms with E-state index in [-0.39, 0.29) is 5.75 Å². The van der Waals surface area contributed by atoms with E-state index in [0.29, 0.717) is 5.82 Å². The molecule has 0 aliphatic rings. The predicted octanol–water partition coefficient (Wildman–Crippen LogP) is 3.91. The molecule has 0 aliphatic carbocycles. The van der Waals surface area contributed by atoms with Gasteiger partial charge in [0.2, 0.25) is 0 Å². The third-order valence-corrected chi connectivity index (χ3v) is 4.06. The summed E-state index contributed by atoms with van der Waals surface area (Å²) in [5.41, 5.74) is 3.78. The minimum atomic E-state index is 0.234. The second-order valence-electron chi connectivity index (χ2n) is 4.80. The topological polar surface area (TPSA) is 62.5 Å². The van der Waals surface area contributed by atoms with Crippen LogP contribution in [-0.2, 0) is 0 Å². The molecule has 0 unspecified atom stereocenters. The summed E-state index contributed by atoms with van der Waals surface area (Å²) in [7, 11) is 0. The minimum absolute atomic E-state index is 0.234. The van der Waals surface area contributed by atoms with E-state index in [0.717, 1.165) is 22.6 Å². The summed E-state index contributed by atoms with van der Waals surface area (Å²) in [5, 5.41) is 16.7. The van der Waals surface area contributed by atoms with Crippen LogP contribution in [0.5, 0.6) is 5.75 Å². The Morgan fingerprint density at radius 1 is 1.09 bits per heavy atom. The summed E-state index contributed by atoms with van der Waals surface area (Å²) in [4.78, 5) is 8.85. The van der Waals surface area contributed by atoms with Gasteiger partial charge in [0.1, 0.15) is 5.75 Å². The van der Waals surface area contributed by atoms with Crippen LogP contribution in [0, 0.1) is 0 Å². The molecule has 0 fully saturated rings. The number of anilines is 2. The molecule has 0 amide bonds. The number of fused-ring (bicyclic) bond motifs is 1. The first-order valence-electron chi connectivity index (χ1n) is 6.72. The lowest BCUT2D eigenvalue weighted by molar-refractivity contribution is 0.475. The lowest BCUT2D eigenvalue weighted by atomic mass is 10.3. The van der Waals surface area contributed by atoms with Gasteiger partial charge in [-0.15, -0.1) is 0 Å². The number of rotatable bonds is 3. The maximum Gasteiger partial charge on any atom is 0.180 e. The first-order chi connectivity index (χ1) is 10.8. The second-order valence-corrected chi connectivity index (χ2v) is 5.58. The standard InChI is InChI=1S/C16H12N4OS/c21-13-3-1-12(2-4-13)19-15-16-18-9-14(11-5-8-22-10-11)20(16)7-6-17-15/h1-10,21H,(H,17,19). The van der Waals surface area contributed by atoms with E-state index in [4.69, 9.17) is 0 Å². The number of phenols is 1. The first kappa shape index (κ1) is 12.8. The number of hydrogen-bond donors (Lipinski definition) is 2. The van der Waals surface area contributed by atoms with Crippen molar-refractivity contribution in [2.24, 2.45) is 0 Å². The molecule has 0 atom stereocenters. The fourth-order valence-electron chi connectivity index (χ4n) is 2.31. The van der Waals surface area contributed by atoms with Gasteiger partial charge in [0.25, 0.3) is 0 Å². The normalized spacial score (nSPS) is 10.9. The minimum Gasteiger partial charge on any atom is -0.508 e. The van der Waals surface area contributed by atoms with Crippen LogP contribution in [-0.4, -0.2) is 19.5 Å². The van der Waals surface area contributed by atoms with Crippen LogP contribution in [0.25, 0.3) is 16.9 Å². The summed E-state index contributed by atoms with van der Waals surface area (Å²) in [6, 6.07) is 8.92. The van der Waals surface area contributed by atoms with E-state index < -0.39 is 0 Å². The molecule has 0 radical (unpaired) electrons. The van der Waals surface area contributed by atoms with Crippen LogP contribution in [0.15, 0.2) is 59.7 Å². The van der Waals surface area contributed by atoms with Crippen LogP contribution < -0.4 is 5.32 Å². The summed E-state index contributed by atoms with van der Waals surface area (Å²) < 4.78 is 2.01. The highest BCUT2D eigenvalue weighted by Crippen LogP contribution is 2.26. The zero-order valence-corrected chi connectivity index (χ0v) is 12.3. The van der Waals surface area contributed by atoms with Crippen LogP contribution >= 0.6 is 11.3 Å². The summed E-state index contributed by atoms with van der Waals surface area (Å²) >= 11 is 1.66. The van der Waals surface area contributed by atoms with Gasteiger partial charge in [-0.2, -0.15) is 11.3 Å². The molecule has 5 nitrogen and oxygen atoms in total. The van der Waals surface area contributed by atoms with E-state index in [1.807, 2.05) is 22.2 Å². The van der Waals surface area contributed by atoms with Crippen LogP contribution in [0.2, 0.25) is 0 Å². The van der Waals surface area contributed by atoms with Gasteiger partial charge in [0.15, 0.2) is 11.5 Å². The maximum atomic E-state index is 9.34. The van der Waals surface area contributed by atoms with E-state index in [1.54, 1.807) is 41.8 Å². The molecule has 22 heavy (non-hydrogen) atoms. The molecule has 1 aromatic carbocycles. The van der Waals surface area contributed by atoms with Crippen molar-refractivity contribution in [2.75, 3.05) is 5.32 Å². The number of imidazole rings is 1. The number of aromatic nitrogens is 3. The Labute approximate surface area is 130 Å². The number of phenolic OH excluding ortho intramolecular Hbond substituents is 1. The summed E-state index contributed by atoms with van der Waals surface area (Å²) in [6.45, 7) is 0. The molecule has 0 spiro atoms.